The Bertz CT molecular complexity index is 395. The van der Waals surface area contributed by atoms with Gasteiger partial charge in [0.25, 0.3) is 5.91 Å². The quantitative estimate of drug-likeness (QED) is 0.373. The number of rotatable bonds is 6. The number of carbonyl (C=O) groups excluding carboxylic acids is 1. The van der Waals surface area contributed by atoms with E-state index in [2.05, 4.69) is 15.3 Å². The molecule has 0 saturated carbocycles. The van der Waals surface area contributed by atoms with Crippen molar-refractivity contribution in [2.45, 2.75) is 26.4 Å². The van der Waals surface area contributed by atoms with Gasteiger partial charge in [0.2, 0.25) is 0 Å². The number of hydrazine groups is 1. The Balaban J connectivity index is 2.80. The summed E-state index contributed by atoms with van der Waals surface area (Å²) >= 11 is 0. The van der Waals surface area contributed by atoms with Crippen molar-refractivity contribution >= 4 is 5.91 Å². The summed E-state index contributed by atoms with van der Waals surface area (Å²) in [5, 5.41) is 9.00. The molecule has 1 aromatic heterocycles. The summed E-state index contributed by atoms with van der Waals surface area (Å²) in [4.78, 5) is 17.7. The fourth-order valence-corrected chi connectivity index (χ4v) is 1.62. The van der Waals surface area contributed by atoms with Crippen molar-refractivity contribution in [1.29, 1.82) is 0 Å². The van der Waals surface area contributed by atoms with Crippen LogP contribution in [-0.2, 0) is 6.54 Å². The van der Waals surface area contributed by atoms with Crippen LogP contribution in [0.2, 0.25) is 0 Å². The molecule has 1 aromatic rings. The largest absolute Gasteiger partial charge is 0.395 e. The number of hydrogen-bond acceptors (Lipinski definition) is 5. The van der Waals surface area contributed by atoms with Crippen LogP contribution in [0.1, 0.15) is 30.0 Å². The van der Waals surface area contributed by atoms with E-state index in [1.807, 2.05) is 19.9 Å². The van der Waals surface area contributed by atoms with Crippen LogP contribution in [0.25, 0.3) is 0 Å². The molecule has 0 saturated heterocycles. The first-order chi connectivity index (χ1) is 8.58. The normalized spacial score (nSPS) is 11.0. The molecule has 0 spiro atoms. The van der Waals surface area contributed by atoms with Crippen LogP contribution in [0.4, 0.5) is 0 Å². The van der Waals surface area contributed by atoms with Gasteiger partial charge in [-0.1, -0.05) is 6.07 Å². The van der Waals surface area contributed by atoms with Gasteiger partial charge < -0.3 is 5.11 Å². The molecule has 0 unspecified atom stereocenters. The minimum Gasteiger partial charge on any atom is -0.395 e. The van der Waals surface area contributed by atoms with Gasteiger partial charge in [0.05, 0.1) is 12.3 Å². The molecule has 6 heteroatoms. The number of carbonyl (C=O) groups is 1. The highest BCUT2D eigenvalue weighted by molar-refractivity contribution is 5.91. The number of aliphatic hydroxyl groups is 1. The summed E-state index contributed by atoms with van der Waals surface area (Å²) in [5.74, 6) is 4.66. The highest BCUT2D eigenvalue weighted by Crippen LogP contribution is 2.07. The summed E-state index contributed by atoms with van der Waals surface area (Å²) < 4.78 is 0. The third kappa shape index (κ3) is 4.06. The SMILES string of the molecule is CC(C)N(CCO)Cc1cccc(C(=O)NN)n1. The van der Waals surface area contributed by atoms with Crippen LogP contribution in [-0.4, -0.2) is 40.1 Å². The Morgan fingerprint density at radius 1 is 1.56 bits per heavy atom. The lowest BCUT2D eigenvalue weighted by molar-refractivity contribution is 0.0947. The van der Waals surface area contributed by atoms with E-state index >= 15 is 0 Å². The van der Waals surface area contributed by atoms with E-state index in [1.165, 1.54) is 0 Å². The predicted molar refractivity (Wildman–Crippen MR) is 68.5 cm³/mol. The molecule has 4 N–H and O–H groups in total. The van der Waals surface area contributed by atoms with E-state index in [0.29, 0.717) is 24.8 Å². The Hall–Kier alpha value is -1.50. The summed E-state index contributed by atoms with van der Waals surface area (Å²) in [6.07, 6.45) is 0. The van der Waals surface area contributed by atoms with Crippen LogP contribution in [0, 0.1) is 0 Å². The van der Waals surface area contributed by atoms with Crippen LogP contribution in [0.5, 0.6) is 0 Å². The highest BCUT2D eigenvalue weighted by atomic mass is 16.3. The molecule has 0 aromatic carbocycles. The van der Waals surface area contributed by atoms with Crippen LogP contribution < -0.4 is 11.3 Å². The van der Waals surface area contributed by atoms with Gasteiger partial charge >= 0.3 is 0 Å². The van der Waals surface area contributed by atoms with Crippen molar-refractivity contribution in [2.75, 3.05) is 13.2 Å². The van der Waals surface area contributed by atoms with E-state index in [0.717, 1.165) is 5.69 Å². The lowest BCUT2D eigenvalue weighted by Gasteiger charge is -2.25. The molecule has 6 nitrogen and oxygen atoms in total. The van der Waals surface area contributed by atoms with Crippen LogP contribution >= 0.6 is 0 Å². The number of amides is 1. The molecule has 18 heavy (non-hydrogen) atoms. The van der Waals surface area contributed by atoms with Crippen LogP contribution in [0.15, 0.2) is 18.2 Å². The lowest BCUT2D eigenvalue weighted by atomic mass is 10.2. The first-order valence-electron chi connectivity index (χ1n) is 5.90. The van der Waals surface area contributed by atoms with Crippen molar-refractivity contribution < 1.29 is 9.90 Å². The van der Waals surface area contributed by atoms with Gasteiger partial charge in [-0.15, -0.1) is 0 Å². The number of nitrogen functional groups attached to an aromatic ring is 1. The molecule has 0 radical (unpaired) electrons. The molecule has 0 fully saturated rings. The zero-order valence-corrected chi connectivity index (χ0v) is 10.8. The third-order valence-corrected chi connectivity index (χ3v) is 2.65. The molecule has 0 atom stereocenters. The number of aromatic nitrogens is 1. The molecule has 0 bridgehead atoms. The summed E-state index contributed by atoms with van der Waals surface area (Å²) in [5.41, 5.74) is 3.13. The maximum absolute atomic E-state index is 11.4. The molecule has 0 aliphatic rings. The van der Waals surface area contributed by atoms with Crippen molar-refractivity contribution in [3.63, 3.8) is 0 Å². The number of aliphatic hydroxyl groups excluding tert-OH is 1. The molecular formula is C12H20N4O2. The molecular weight excluding hydrogens is 232 g/mol. The first-order valence-corrected chi connectivity index (χ1v) is 5.90. The Labute approximate surface area is 107 Å². The maximum atomic E-state index is 11.4. The minimum absolute atomic E-state index is 0.0984. The highest BCUT2D eigenvalue weighted by Gasteiger charge is 2.12. The second-order valence-electron chi connectivity index (χ2n) is 4.28. The monoisotopic (exact) mass is 252 g/mol. The number of nitrogens with two attached hydrogens (primary N) is 1. The van der Waals surface area contributed by atoms with Crippen molar-refractivity contribution in [3.8, 4) is 0 Å². The fraction of sp³-hybridized carbons (Fsp3) is 0.500. The average molecular weight is 252 g/mol. The minimum atomic E-state index is -0.407. The lowest BCUT2D eigenvalue weighted by Crippen LogP contribution is -2.34. The van der Waals surface area contributed by atoms with E-state index in [1.54, 1.807) is 12.1 Å². The van der Waals surface area contributed by atoms with Crippen molar-refractivity contribution in [2.24, 2.45) is 5.84 Å². The standard InChI is InChI=1S/C12H20N4O2/c1-9(2)16(6-7-17)8-10-4-3-5-11(14-10)12(18)15-13/h3-5,9,17H,6-8,13H2,1-2H3,(H,15,18). The molecule has 1 amide bonds. The Kier molecular flexibility index (Phi) is 5.70. The number of hydrogen-bond donors (Lipinski definition) is 3. The smallest absolute Gasteiger partial charge is 0.283 e. The first kappa shape index (κ1) is 14.6. The van der Waals surface area contributed by atoms with Gasteiger partial charge in [0.1, 0.15) is 5.69 Å². The summed E-state index contributed by atoms with van der Waals surface area (Å²) in [6, 6.07) is 5.52. The Morgan fingerprint density at radius 3 is 2.83 bits per heavy atom. The van der Waals surface area contributed by atoms with E-state index in [9.17, 15) is 4.79 Å². The third-order valence-electron chi connectivity index (χ3n) is 2.65. The maximum Gasteiger partial charge on any atom is 0.283 e. The number of pyridine rings is 1. The van der Waals surface area contributed by atoms with Gasteiger partial charge in [-0.2, -0.15) is 0 Å². The van der Waals surface area contributed by atoms with Crippen molar-refractivity contribution in [3.05, 3.63) is 29.6 Å². The fourth-order valence-electron chi connectivity index (χ4n) is 1.62. The summed E-state index contributed by atoms with van der Waals surface area (Å²) in [7, 11) is 0. The van der Waals surface area contributed by atoms with Crippen LogP contribution in [0.3, 0.4) is 0 Å². The van der Waals surface area contributed by atoms with E-state index in [-0.39, 0.29) is 6.61 Å². The van der Waals surface area contributed by atoms with E-state index < -0.39 is 5.91 Å². The van der Waals surface area contributed by atoms with Gasteiger partial charge in [0.15, 0.2) is 0 Å². The molecule has 0 aliphatic heterocycles. The molecule has 1 rings (SSSR count). The van der Waals surface area contributed by atoms with Crippen molar-refractivity contribution in [1.82, 2.24) is 15.3 Å². The molecule has 1 heterocycles. The second kappa shape index (κ2) is 7.05. The molecule has 0 aliphatic carbocycles. The second-order valence-corrected chi connectivity index (χ2v) is 4.28. The van der Waals surface area contributed by atoms with Gasteiger partial charge in [-0.3, -0.25) is 15.1 Å². The zero-order chi connectivity index (χ0) is 13.5. The zero-order valence-electron chi connectivity index (χ0n) is 10.8. The molecule has 100 valence electrons. The predicted octanol–water partition coefficient (Wildman–Crippen LogP) is -0.112. The van der Waals surface area contributed by atoms with Gasteiger partial charge in [-0.25, -0.2) is 10.8 Å². The number of nitrogens with zero attached hydrogens (tertiary/aromatic N) is 2. The van der Waals surface area contributed by atoms with Gasteiger partial charge in [0, 0.05) is 19.1 Å². The summed E-state index contributed by atoms with van der Waals surface area (Å²) in [6.45, 7) is 5.36. The number of nitrogens with one attached hydrogen (secondary N) is 1. The van der Waals surface area contributed by atoms with E-state index in [4.69, 9.17) is 10.9 Å². The topological polar surface area (TPSA) is 91.5 Å². The van der Waals surface area contributed by atoms with Gasteiger partial charge in [-0.05, 0) is 26.0 Å². The average Bonchev–Trinajstić information content (AvgIpc) is 2.37. The Morgan fingerprint density at radius 2 is 2.28 bits per heavy atom.